The lowest BCUT2D eigenvalue weighted by atomic mass is 9.62. The molecule has 2 rings (SSSR count). The summed E-state index contributed by atoms with van der Waals surface area (Å²) in [6.45, 7) is 27.3. The van der Waals surface area contributed by atoms with Crippen molar-refractivity contribution in [2.24, 2.45) is 17.6 Å². The highest BCUT2D eigenvalue weighted by Gasteiger charge is 2.54. The minimum absolute atomic E-state index is 0.0869. The van der Waals surface area contributed by atoms with Gasteiger partial charge >= 0.3 is 7.12 Å². The molecule has 186 valence electrons. The molecular formula is C26H52BNO3Si. The van der Waals surface area contributed by atoms with Crippen molar-refractivity contribution in [3.63, 3.8) is 0 Å². The van der Waals surface area contributed by atoms with Crippen LogP contribution in [0.1, 0.15) is 100 Å². The van der Waals surface area contributed by atoms with Crippen LogP contribution in [-0.4, -0.2) is 38.8 Å². The molecule has 2 atom stereocenters. The van der Waals surface area contributed by atoms with E-state index in [4.69, 9.17) is 19.5 Å². The fourth-order valence-electron chi connectivity index (χ4n) is 4.90. The van der Waals surface area contributed by atoms with Gasteiger partial charge < -0.3 is 19.5 Å². The predicted molar refractivity (Wildman–Crippen MR) is 140 cm³/mol. The van der Waals surface area contributed by atoms with Crippen LogP contribution in [0.2, 0.25) is 18.1 Å². The lowest BCUT2D eigenvalue weighted by molar-refractivity contribution is 0.00578. The molecule has 0 spiro atoms. The quantitative estimate of drug-likeness (QED) is 0.377. The summed E-state index contributed by atoms with van der Waals surface area (Å²) in [5, 5.41) is 0.194. The van der Waals surface area contributed by atoms with Crippen molar-refractivity contribution in [2.45, 2.75) is 135 Å². The average molecular weight is 466 g/mol. The van der Waals surface area contributed by atoms with E-state index in [1.165, 1.54) is 32.1 Å². The van der Waals surface area contributed by atoms with Crippen molar-refractivity contribution in [2.75, 3.05) is 6.61 Å². The molecular weight excluding hydrogens is 413 g/mol. The SMILES string of the molecule is C=C(B1OC(C)(C)C(C)(C)O1)[C@H](CCO[Si](C)(C)C(C)(C)C)[C@@](C)(N)CC1CCCCC1. The summed E-state index contributed by atoms with van der Waals surface area (Å²) in [6, 6.07) is 0. The third-order valence-electron chi connectivity index (χ3n) is 8.93. The zero-order valence-corrected chi connectivity index (χ0v) is 23.9. The lowest BCUT2D eigenvalue weighted by Crippen LogP contribution is -2.50. The van der Waals surface area contributed by atoms with Gasteiger partial charge in [-0.25, -0.2) is 0 Å². The Morgan fingerprint density at radius 3 is 2.03 bits per heavy atom. The summed E-state index contributed by atoms with van der Waals surface area (Å²) in [4.78, 5) is 0. The first-order chi connectivity index (χ1) is 14.4. The van der Waals surface area contributed by atoms with E-state index >= 15 is 0 Å². The molecule has 2 aliphatic rings. The van der Waals surface area contributed by atoms with E-state index in [0.717, 1.165) is 18.3 Å². The third kappa shape index (κ3) is 6.50. The average Bonchev–Trinajstić information content (AvgIpc) is 2.85. The van der Waals surface area contributed by atoms with Crippen LogP contribution < -0.4 is 5.73 Å². The van der Waals surface area contributed by atoms with Gasteiger partial charge in [-0.15, -0.1) is 6.58 Å². The fourth-order valence-corrected chi connectivity index (χ4v) is 5.96. The summed E-state index contributed by atoms with van der Waals surface area (Å²) in [5.74, 6) is 0.789. The monoisotopic (exact) mass is 465 g/mol. The predicted octanol–water partition coefficient (Wildman–Crippen LogP) is 6.89. The molecule has 1 saturated heterocycles. The molecule has 0 radical (unpaired) electrons. The summed E-state index contributed by atoms with van der Waals surface area (Å²) < 4.78 is 19.3. The minimum atomic E-state index is -1.82. The molecule has 32 heavy (non-hydrogen) atoms. The standard InChI is InChI=1S/C26H52BNO3Si/c1-20(27-30-24(5,6)25(7,8)31-27)22(17-18-29-32(10,11)23(2,3)4)26(9,28)19-21-15-13-12-14-16-21/h21-22H,1,12-19,28H2,2-11H3/t22-,26-/m0/s1. The number of nitrogens with two attached hydrogens (primary N) is 1. The maximum Gasteiger partial charge on any atom is 0.490 e. The van der Waals surface area contributed by atoms with Gasteiger partial charge in [0.15, 0.2) is 8.32 Å². The van der Waals surface area contributed by atoms with E-state index in [1.807, 2.05) is 0 Å². The molecule has 1 aliphatic carbocycles. The van der Waals surface area contributed by atoms with Gasteiger partial charge in [0.05, 0.1) is 11.2 Å². The van der Waals surface area contributed by atoms with Gasteiger partial charge in [0.2, 0.25) is 0 Å². The van der Waals surface area contributed by atoms with Gasteiger partial charge in [-0.3, -0.25) is 0 Å². The fraction of sp³-hybridized carbons (Fsp3) is 0.923. The molecule has 0 bridgehead atoms. The Kier molecular flexibility index (Phi) is 8.65. The van der Waals surface area contributed by atoms with Gasteiger partial charge in [-0.1, -0.05) is 52.9 Å². The van der Waals surface area contributed by atoms with E-state index in [2.05, 4.69) is 75.1 Å². The molecule has 0 unspecified atom stereocenters. The van der Waals surface area contributed by atoms with E-state index < -0.39 is 15.4 Å². The highest BCUT2D eigenvalue weighted by Crippen LogP contribution is 2.43. The molecule has 2 fully saturated rings. The van der Waals surface area contributed by atoms with Gasteiger partial charge in [-0.05, 0) is 82.9 Å². The van der Waals surface area contributed by atoms with Crippen molar-refractivity contribution in [1.82, 2.24) is 0 Å². The van der Waals surface area contributed by atoms with Crippen molar-refractivity contribution < 1.29 is 13.7 Å². The maximum atomic E-state index is 7.12. The van der Waals surface area contributed by atoms with Crippen LogP contribution in [0.25, 0.3) is 0 Å². The molecule has 6 heteroatoms. The molecule has 2 N–H and O–H groups in total. The first-order valence-corrected chi connectivity index (χ1v) is 15.8. The Morgan fingerprint density at radius 1 is 1.06 bits per heavy atom. The molecule has 1 aliphatic heterocycles. The summed E-state index contributed by atoms with van der Waals surface area (Å²) in [7, 11) is -2.24. The van der Waals surface area contributed by atoms with Gasteiger partial charge in [0.25, 0.3) is 0 Å². The van der Waals surface area contributed by atoms with Gasteiger partial charge in [0, 0.05) is 12.1 Å². The third-order valence-corrected chi connectivity index (χ3v) is 13.5. The summed E-state index contributed by atoms with van der Waals surface area (Å²) >= 11 is 0. The van der Waals surface area contributed by atoms with Crippen LogP contribution in [0.15, 0.2) is 12.1 Å². The Labute approximate surface area is 200 Å². The van der Waals surface area contributed by atoms with Crippen molar-refractivity contribution in [3.05, 3.63) is 12.1 Å². The van der Waals surface area contributed by atoms with Crippen LogP contribution in [0.5, 0.6) is 0 Å². The normalized spacial score (nSPS) is 24.9. The van der Waals surface area contributed by atoms with E-state index in [-0.39, 0.29) is 27.7 Å². The first kappa shape index (κ1) is 28.1. The van der Waals surface area contributed by atoms with E-state index in [0.29, 0.717) is 12.5 Å². The molecule has 0 aromatic rings. The molecule has 0 aromatic heterocycles. The Hall–Kier alpha value is -0.138. The molecule has 1 heterocycles. The van der Waals surface area contributed by atoms with Crippen molar-refractivity contribution in [1.29, 1.82) is 0 Å². The highest BCUT2D eigenvalue weighted by atomic mass is 28.4. The number of rotatable bonds is 9. The number of hydrogen-bond acceptors (Lipinski definition) is 4. The smallest absolute Gasteiger partial charge is 0.417 e. The second kappa shape index (κ2) is 9.85. The van der Waals surface area contributed by atoms with Crippen LogP contribution >= 0.6 is 0 Å². The summed E-state index contributed by atoms with van der Waals surface area (Å²) in [6.07, 6.45) is 8.50. The maximum absolute atomic E-state index is 7.12. The van der Waals surface area contributed by atoms with Crippen LogP contribution in [0, 0.1) is 11.8 Å². The molecule has 4 nitrogen and oxygen atoms in total. The Balaban J connectivity index is 2.19. The van der Waals surface area contributed by atoms with Crippen LogP contribution in [0.4, 0.5) is 0 Å². The van der Waals surface area contributed by atoms with Crippen molar-refractivity contribution in [3.8, 4) is 0 Å². The van der Waals surface area contributed by atoms with Gasteiger partial charge in [0.1, 0.15) is 0 Å². The topological polar surface area (TPSA) is 53.7 Å². The zero-order chi connectivity index (χ0) is 24.6. The van der Waals surface area contributed by atoms with Crippen molar-refractivity contribution >= 4 is 15.4 Å². The largest absolute Gasteiger partial charge is 0.490 e. The second-order valence-electron chi connectivity index (χ2n) is 13.3. The Bertz CT molecular complexity index is 632. The molecule has 1 saturated carbocycles. The lowest BCUT2D eigenvalue weighted by Gasteiger charge is -2.41. The summed E-state index contributed by atoms with van der Waals surface area (Å²) in [5.41, 5.74) is 6.97. The van der Waals surface area contributed by atoms with Crippen LogP contribution in [-0.2, 0) is 13.7 Å². The van der Waals surface area contributed by atoms with Gasteiger partial charge in [-0.2, -0.15) is 0 Å². The highest BCUT2D eigenvalue weighted by molar-refractivity contribution is 6.74. The van der Waals surface area contributed by atoms with E-state index in [9.17, 15) is 0 Å². The second-order valence-corrected chi connectivity index (χ2v) is 18.1. The Morgan fingerprint density at radius 2 is 1.56 bits per heavy atom. The minimum Gasteiger partial charge on any atom is -0.417 e. The first-order valence-electron chi connectivity index (χ1n) is 12.9. The molecule has 0 amide bonds. The molecule has 0 aromatic carbocycles. The number of hydrogen-bond donors (Lipinski definition) is 1. The van der Waals surface area contributed by atoms with Crippen LogP contribution in [0.3, 0.4) is 0 Å². The van der Waals surface area contributed by atoms with E-state index in [1.54, 1.807) is 0 Å². The zero-order valence-electron chi connectivity index (χ0n) is 22.9.